The third-order valence-corrected chi connectivity index (χ3v) is 4.18. The summed E-state index contributed by atoms with van der Waals surface area (Å²) in [6, 6.07) is 0.417. The van der Waals surface area contributed by atoms with Crippen LogP contribution >= 0.6 is 0 Å². The maximum atomic E-state index is 11.8. The molecule has 1 N–H and O–H groups in total. The van der Waals surface area contributed by atoms with E-state index >= 15 is 0 Å². The maximum absolute atomic E-state index is 11.8. The second-order valence-corrected chi connectivity index (χ2v) is 5.61. The van der Waals surface area contributed by atoms with Crippen molar-refractivity contribution in [1.29, 1.82) is 0 Å². The molecule has 98 valence electrons. The molecule has 17 heavy (non-hydrogen) atoms. The van der Waals surface area contributed by atoms with Crippen molar-refractivity contribution in [2.75, 3.05) is 6.61 Å². The summed E-state index contributed by atoms with van der Waals surface area (Å²) in [6.45, 7) is 3.14. The molecule has 0 aromatic heterocycles. The molecule has 1 aliphatic carbocycles. The number of carbonyl (C=O) groups is 1. The lowest BCUT2D eigenvalue weighted by molar-refractivity contribution is -0.123. The van der Waals surface area contributed by atoms with Crippen LogP contribution in [0.1, 0.15) is 58.3 Å². The topological polar surface area (TPSA) is 38.3 Å². The van der Waals surface area contributed by atoms with Gasteiger partial charge in [-0.3, -0.25) is 4.79 Å². The highest BCUT2D eigenvalue weighted by Crippen LogP contribution is 2.24. The van der Waals surface area contributed by atoms with Crippen LogP contribution in [0, 0.1) is 5.92 Å². The molecule has 1 saturated heterocycles. The molecule has 2 rings (SSSR count). The minimum absolute atomic E-state index is 0.222. The van der Waals surface area contributed by atoms with E-state index in [0.29, 0.717) is 24.5 Å². The molecule has 0 aromatic carbocycles. The number of nitrogens with one attached hydrogen (secondary N) is 1. The van der Waals surface area contributed by atoms with Crippen LogP contribution in [0.25, 0.3) is 0 Å². The fourth-order valence-corrected chi connectivity index (χ4v) is 2.97. The lowest BCUT2D eigenvalue weighted by Gasteiger charge is -2.29. The molecular weight excluding hydrogens is 214 g/mol. The molecule has 1 amide bonds. The zero-order chi connectivity index (χ0) is 12.1. The number of rotatable bonds is 4. The van der Waals surface area contributed by atoms with Crippen LogP contribution in [0.2, 0.25) is 0 Å². The van der Waals surface area contributed by atoms with Crippen molar-refractivity contribution in [3.05, 3.63) is 0 Å². The van der Waals surface area contributed by atoms with E-state index in [9.17, 15) is 4.79 Å². The molecule has 0 unspecified atom stereocenters. The molecule has 0 aromatic rings. The Labute approximate surface area is 104 Å². The van der Waals surface area contributed by atoms with Gasteiger partial charge in [0.1, 0.15) is 0 Å². The van der Waals surface area contributed by atoms with Gasteiger partial charge in [-0.15, -0.1) is 0 Å². The molecule has 1 heterocycles. The molecule has 3 heteroatoms. The summed E-state index contributed by atoms with van der Waals surface area (Å²) in [5.74, 6) is 0.870. The van der Waals surface area contributed by atoms with Gasteiger partial charge < -0.3 is 10.1 Å². The number of amides is 1. The maximum Gasteiger partial charge on any atom is 0.220 e. The van der Waals surface area contributed by atoms with Gasteiger partial charge in [-0.1, -0.05) is 19.8 Å². The van der Waals surface area contributed by atoms with E-state index in [1.165, 1.54) is 19.3 Å². The first-order valence-electron chi connectivity index (χ1n) is 7.16. The van der Waals surface area contributed by atoms with Crippen molar-refractivity contribution in [2.45, 2.75) is 70.4 Å². The van der Waals surface area contributed by atoms with Gasteiger partial charge in [0.2, 0.25) is 5.91 Å². The Morgan fingerprint density at radius 2 is 2.06 bits per heavy atom. The molecule has 3 atom stereocenters. The van der Waals surface area contributed by atoms with Crippen molar-refractivity contribution in [2.24, 2.45) is 5.92 Å². The summed E-state index contributed by atoms with van der Waals surface area (Å²) in [5, 5.41) is 3.20. The Balaban J connectivity index is 1.65. The zero-order valence-corrected chi connectivity index (χ0v) is 10.9. The Bertz CT molecular complexity index is 249. The van der Waals surface area contributed by atoms with Gasteiger partial charge >= 0.3 is 0 Å². The van der Waals surface area contributed by atoms with Gasteiger partial charge in [-0.05, 0) is 38.0 Å². The number of ether oxygens (including phenoxy) is 1. The SMILES string of the molecule is C[C@@H]1CCCC[C@H]1NC(=O)CC[C@@H]1CCCO1. The van der Waals surface area contributed by atoms with E-state index in [0.717, 1.165) is 32.3 Å². The average molecular weight is 239 g/mol. The van der Waals surface area contributed by atoms with Crippen molar-refractivity contribution < 1.29 is 9.53 Å². The lowest BCUT2D eigenvalue weighted by Crippen LogP contribution is -2.41. The van der Waals surface area contributed by atoms with Gasteiger partial charge in [-0.2, -0.15) is 0 Å². The summed E-state index contributed by atoms with van der Waals surface area (Å²) in [7, 11) is 0. The third-order valence-electron chi connectivity index (χ3n) is 4.18. The Kier molecular flexibility index (Phi) is 4.84. The second-order valence-electron chi connectivity index (χ2n) is 5.61. The van der Waals surface area contributed by atoms with Gasteiger partial charge in [-0.25, -0.2) is 0 Å². The molecule has 0 radical (unpaired) electrons. The fourth-order valence-electron chi connectivity index (χ4n) is 2.97. The first kappa shape index (κ1) is 12.9. The van der Waals surface area contributed by atoms with E-state index < -0.39 is 0 Å². The van der Waals surface area contributed by atoms with Crippen LogP contribution in [0.5, 0.6) is 0 Å². The molecule has 1 aliphatic heterocycles. The van der Waals surface area contributed by atoms with Crippen LogP contribution < -0.4 is 5.32 Å². The summed E-state index contributed by atoms with van der Waals surface area (Å²) >= 11 is 0. The van der Waals surface area contributed by atoms with Gasteiger partial charge in [0, 0.05) is 19.1 Å². The van der Waals surface area contributed by atoms with Crippen LogP contribution in [0.3, 0.4) is 0 Å². The van der Waals surface area contributed by atoms with Crippen molar-refractivity contribution in [3.8, 4) is 0 Å². The quantitative estimate of drug-likeness (QED) is 0.819. The first-order valence-corrected chi connectivity index (χ1v) is 7.16. The number of hydrogen-bond donors (Lipinski definition) is 1. The van der Waals surface area contributed by atoms with E-state index in [1.54, 1.807) is 0 Å². The number of hydrogen-bond acceptors (Lipinski definition) is 2. The van der Waals surface area contributed by atoms with Crippen molar-refractivity contribution >= 4 is 5.91 Å². The zero-order valence-electron chi connectivity index (χ0n) is 10.9. The normalized spacial score (nSPS) is 33.6. The summed E-state index contributed by atoms with van der Waals surface area (Å²) in [4.78, 5) is 11.8. The summed E-state index contributed by atoms with van der Waals surface area (Å²) in [5.41, 5.74) is 0. The van der Waals surface area contributed by atoms with E-state index in [-0.39, 0.29) is 5.91 Å². The van der Waals surface area contributed by atoms with Gasteiger partial charge in [0.15, 0.2) is 0 Å². The fraction of sp³-hybridized carbons (Fsp3) is 0.929. The molecule has 1 saturated carbocycles. The summed E-state index contributed by atoms with van der Waals surface area (Å²) < 4.78 is 5.53. The highest BCUT2D eigenvalue weighted by atomic mass is 16.5. The van der Waals surface area contributed by atoms with E-state index in [2.05, 4.69) is 12.2 Å². The van der Waals surface area contributed by atoms with Crippen LogP contribution in [0.15, 0.2) is 0 Å². The van der Waals surface area contributed by atoms with Crippen LogP contribution in [-0.4, -0.2) is 24.7 Å². The smallest absolute Gasteiger partial charge is 0.220 e. The van der Waals surface area contributed by atoms with Crippen molar-refractivity contribution in [3.63, 3.8) is 0 Å². The van der Waals surface area contributed by atoms with Crippen molar-refractivity contribution in [1.82, 2.24) is 5.32 Å². The van der Waals surface area contributed by atoms with Crippen LogP contribution in [0.4, 0.5) is 0 Å². The van der Waals surface area contributed by atoms with E-state index in [4.69, 9.17) is 4.74 Å². The average Bonchev–Trinajstić information content (AvgIpc) is 2.82. The monoisotopic (exact) mass is 239 g/mol. The predicted molar refractivity (Wildman–Crippen MR) is 67.8 cm³/mol. The third kappa shape index (κ3) is 3.98. The Hall–Kier alpha value is -0.570. The second kappa shape index (κ2) is 6.39. The minimum atomic E-state index is 0.222. The van der Waals surface area contributed by atoms with E-state index in [1.807, 2.05) is 0 Å². The Morgan fingerprint density at radius 1 is 1.24 bits per heavy atom. The predicted octanol–water partition coefficient (Wildman–Crippen LogP) is 2.64. The van der Waals surface area contributed by atoms with Gasteiger partial charge in [0.25, 0.3) is 0 Å². The molecule has 0 bridgehead atoms. The highest BCUT2D eigenvalue weighted by Gasteiger charge is 2.23. The number of carbonyl (C=O) groups excluding carboxylic acids is 1. The molecule has 0 spiro atoms. The molecule has 2 aliphatic rings. The first-order chi connectivity index (χ1) is 8.25. The van der Waals surface area contributed by atoms with Gasteiger partial charge in [0.05, 0.1) is 6.10 Å². The molecule has 2 fully saturated rings. The minimum Gasteiger partial charge on any atom is -0.378 e. The molecule has 3 nitrogen and oxygen atoms in total. The summed E-state index contributed by atoms with van der Waals surface area (Å²) in [6.07, 6.45) is 9.16. The van der Waals surface area contributed by atoms with Crippen LogP contribution in [-0.2, 0) is 9.53 Å². The highest BCUT2D eigenvalue weighted by molar-refractivity contribution is 5.76. The molecular formula is C14H25NO2. The lowest BCUT2D eigenvalue weighted by atomic mass is 9.86. The standard InChI is InChI=1S/C14H25NO2/c1-11-5-2-3-7-13(11)15-14(16)9-8-12-6-4-10-17-12/h11-13H,2-10H2,1H3,(H,15,16)/t11-,12+,13-/m1/s1. The largest absolute Gasteiger partial charge is 0.378 e. The Morgan fingerprint density at radius 3 is 2.76 bits per heavy atom.